The average molecular weight is 382 g/mol. The van der Waals surface area contributed by atoms with Crippen LogP contribution in [0, 0.1) is 17.5 Å². The lowest BCUT2D eigenvalue weighted by Crippen LogP contribution is -2.04. The molecular formula is C18H11F5N2O2. The zero-order chi connectivity index (χ0) is 19.9. The van der Waals surface area contributed by atoms with Crippen molar-refractivity contribution in [3.8, 4) is 22.4 Å². The third-order valence-corrected chi connectivity index (χ3v) is 3.97. The number of nitrogens with zero attached hydrogens (tertiary/aromatic N) is 2. The standard InChI is InChI=1S/C18H11F5N2O2/c1-25-16(13(18(26)27)15(24-25)17(22)23)10-5-3-2-4-9(10)8-6-11(19)14(21)12(20)7-8/h2-7,17H,1H3,(H,26,27). The van der Waals surface area contributed by atoms with Gasteiger partial charge in [0.1, 0.15) is 11.3 Å². The number of benzene rings is 2. The fourth-order valence-corrected chi connectivity index (χ4v) is 2.87. The summed E-state index contributed by atoms with van der Waals surface area (Å²) in [6, 6.07) is 7.28. The lowest BCUT2D eigenvalue weighted by atomic mass is 9.95. The maximum absolute atomic E-state index is 13.6. The number of carbonyl (C=O) groups is 1. The number of aromatic nitrogens is 2. The summed E-state index contributed by atoms with van der Waals surface area (Å²) in [6.45, 7) is 0. The van der Waals surface area contributed by atoms with Crippen molar-refractivity contribution in [1.29, 1.82) is 0 Å². The molecule has 0 spiro atoms. The van der Waals surface area contributed by atoms with Crippen LogP contribution < -0.4 is 0 Å². The van der Waals surface area contributed by atoms with Crippen molar-refractivity contribution in [3.63, 3.8) is 0 Å². The van der Waals surface area contributed by atoms with Gasteiger partial charge in [0, 0.05) is 12.6 Å². The highest BCUT2D eigenvalue weighted by Gasteiger charge is 2.29. The van der Waals surface area contributed by atoms with E-state index >= 15 is 0 Å². The van der Waals surface area contributed by atoms with Gasteiger partial charge in [-0.3, -0.25) is 4.68 Å². The third-order valence-electron chi connectivity index (χ3n) is 3.97. The quantitative estimate of drug-likeness (QED) is 0.521. The van der Waals surface area contributed by atoms with Gasteiger partial charge in [-0.1, -0.05) is 24.3 Å². The van der Waals surface area contributed by atoms with Crippen molar-refractivity contribution >= 4 is 5.97 Å². The first-order valence-electron chi connectivity index (χ1n) is 7.55. The third kappa shape index (κ3) is 3.16. The van der Waals surface area contributed by atoms with Crippen LogP contribution in [0.5, 0.6) is 0 Å². The van der Waals surface area contributed by atoms with Crippen molar-refractivity contribution in [2.45, 2.75) is 6.43 Å². The van der Waals surface area contributed by atoms with Gasteiger partial charge in [0.25, 0.3) is 6.43 Å². The minimum absolute atomic E-state index is 0.0851. The predicted molar refractivity (Wildman–Crippen MR) is 85.9 cm³/mol. The number of hydrogen-bond acceptors (Lipinski definition) is 2. The maximum Gasteiger partial charge on any atom is 0.340 e. The van der Waals surface area contributed by atoms with Gasteiger partial charge in [-0.15, -0.1) is 0 Å². The molecule has 0 saturated carbocycles. The van der Waals surface area contributed by atoms with E-state index in [4.69, 9.17) is 0 Å². The Morgan fingerprint density at radius 1 is 1.07 bits per heavy atom. The predicted octanol–water partition coefficient (Wildman–Crippen LogP) is 4.81. The van der Waals surface area contributed by atoms with Crippen LogP contribution in [-0.2, 0) is 7.05 Å². The van der Waals surface area contributed by atoms with E-state index in [1.807, 2.05) is 0 Å². The molecule has 4 nitrogen and oxygen atoms in total. The Kier molecular flexibility index (Phi) is 4.69. The minimum Gasteiger partial charge on any atom is -0.478 e. The number of halogens is 5. The number of carboxylic acid groups (broad SMARTS) is 1. The molecule has 1 aromatic heterocycles. The number of carboxylic acids is 1. The number of rotatable bonds is 4. The van der Waals surface area contributed by atoms with Gasteiger partial charge in [-0.05, 0) is 23.3 Å². The summed E-state index contributed by atoms with van der Waals surface area (Å²) in [4.78, 5) is 11.6. The monoisotopic (exact) mass is 382 g/mol. The van der Waals surface area contributed by atoms with Gasteiger partial charge >= 0.3 is 5.97 Å². The van der Waals surface area contributed by atoms with Crippen LogP contribution in [0.15, 0.2) is 36.4 Å². The molecule has 1 N–H and O–H groups in total. The summed E-state index contributed by atoms with van der Waals surface area (Å²) in [5.74, 6) is -6.14. The normalized spacial score (nSPS) is 11.2. The highest BCUT2D eigenvalue weighted by atomic mass is 19.3. The van der Waals surface area contributed by atoms with E-state index in [0.29, 0.717) is 0 Å². The van der Waals surface area contributed by atoms with E-state index in [2.05, 4.69) is 5.10 Å². The Labute approximate surface area is 149 Å². The van der Waals surface area contributed by atoms with E-state index in [0.717, 1.165) is 16.8 Å². The van der Waals surface area contributed by atoms with Gasteiger partial charge in [-0.25, -0.2) is 26.7 Å². The molecule has 0 aliphatic heterocycles. The van der Waals surface area contributed by atoms with Crippen LogP contribution >= 0.6 is 0 Å². The molecule has 140 valence electrons. The number of aryl methyl sites for hydroxylation is 1. The van der Waals surface area contributed by atoms with Crippen molar-refractivity contribution in [2.75, 3.05) is 0 Å². The highest BCUT2D eigenvalue weighted by Crippen LogP contribution is 2.37. The van der Waals surface area contributed by atoms with Crippen LogP contribution in [0.3, 0.4) is 0 Å². The molecule has 0 aliphatic rings. The molecule has 0 fully saturated rings. The molecule has 0 unspecified atom stereocenters. The lowest BCUT2D eigenvalue weighted by Gasteiger charge is -2.12. The minimum atomic E-state index is -3.14. The van der Waals surface area contributed by atoms with Crippen LogP contribution in [0.4, 0.5) is 22.0 Å². The van der Waals surface area contributed by atoms with E-state index in [1.165, 1.54) is 31.3 Å². The summed E-state index contributed by atoms with van der Waals surface area (Å²) in [7, 11) is 1.27. The largest absolute Gasteiger partial charge is 0.478 e. The number of hydrogen-bond donors (Lipinski definition) is 1. The first-order chi connectivity index (χ1) is 12.7. The lowest BCUT2D eigenvalue weighted by molar-refractivity contribution is 0.0685. The van der Waals surface area contributed by atoms with Gasteiger partial charge in [0.05, 0.1) is 5.69 Å². The SMILES string of the molecule is Cn1nc(C(F)F)c(C(=O)O)c1-c1ccccc1-c1cc(F)c(F)c(F)c1. The summed E-state index contributed by atoms with van der Waals surface area (Å²) >= 11 is 0. The molecule has 1 heterocycles. The molecule has 0 amide bonds. The van der Waals surface area contributed by atoms with Crippen molar-refractivity contribution in [1.82, 2.24) is 9.78 Å². The second-order valence-corrected chi connectivity index (χ2v) is 5.64. The molecule has 0 atom stereocenters. The Hall–Kier alpha value is -3.23. The summed E-state index contributed by atoms with van der Waals surface area (Å²) in [5, 5.41) is 13.0. The number of aromatic carboxylic acids is 1. The topological polar surface area (TPSA) is 55.1 Å². The number of alkyl halides is 2. The molecule has 0 bridgehead atoms. The van der Waals surface area contributed by atoms with Crippen molar-refractivity contribution in [2.24, 2.45) is 7.05 Å². The molecule has 0 aliphatic carbocycles. The smallest absolute Gasteiger partial charge is 0.340 e. The van der Waals surface area contributed by atoms with Gasteiger partial charge < -0.3 is 5.11 Å². The van der Waals surface area contributed by atoms with Gasteiger partial charge in [0.2, 0.25) is 0 Å². The van der Waals surface area contributed by atoms with Crippen molar-refractivity contribution < 1.29 is 31.9 Å². The highest BCUT2D eigenvalue weighted by molar-refractivity contribution is 5.99. The molecule has 9 heteroatoms. The zero-order valence-corrected chi connectivity index (χ0v) is 13.7. The van der Waals surface area contributed by atoms with Crippen LogP contribution in [0.1, 0.15) is 22.5 Å². The first-order valence-corrected chi connectivity index (χ1v) is 7.55. The summed E-state index contributed by atoms with van der Waals surface area (Å²) in [5.41, 5.74) is -1.67. The fourth-order valence-electron chi connectivity index (χ4n) is 2.87. The van der Waals surface area contributed by atoms with Gasteiger partial charge in [-0.2, -0.15) is 5.10 Å². The molecule has 27 heavy (non-hydrogen) atoms. The molecule has 0 saturated heterocycles. The second-order valence-electron chi connectivity index (χ2n) is 5.64. The van der Waals surface area contributed by atoms with Crippen LogP contribution in [0.2, 0.25) is 0 Å². The van der Waals surface area contributed by atoms with Crippen molar-refractivity contribution in [3.05, 3.63) is 65.1 Å². The molecule has 3 rings (SSSR count). The molecule has 3 aromatic rings. The Bertz CT molecular complexity index is 1020. The summed E-state index contributed by atoms with van der Waals surface area (Å²) in [6.07, 6.45) is -3.14. The Morgan fingerprint density at radius 3 is 2.15 bits per heavy atom. The molecule has 2 aromatic carbocycles. The van der Waals surface area contributed by atoms with E-state index in [9.17, 15) is 31.9 Å². The summed E-state index contributed by atoms with van der Waals surface area (Å²) < 4.78 is 67.9. The average Bonchev–Trinajstić information content (AvgIpc) is 2.97. The first kappa shape index (κ1) is 18.6. The van der Waals surface area contributed by atoms with E-state index < -0.39 is 41.1 Å². The van der Waals surface area contributed by atoms with Gasteiger partial charge in [0.15, 0.2) is 17.5 Å². The maximum atomic E-state index is 13.6. The Balaban J connectivity index is 2.32. The van der Waals surface area contributed by atoms with E-state index in [-0.39, 0.29) is 22.4 Å². The second kappa shape index (κ2) is 6.82. The fraction of sp³-hybridized carbons (Fsp3) is 0.111. The van der Waals surface area contributed by atoms with Crippen LogP contribution in [-0.4, -0.2) is 20.9 Å². The van der Waals surface area contributed by atoms with E-state index in [1.54, 1.807) is 0 Å². The molecular weight excluding hydrogens is 371 g/mol. The zero-order valence-electron chi connectivity index (χ0n) is 13.7. The molecule has 0 radical (unpaired) electrons. The van der Waals surface area contributed by atoms with Crippen LogP contribution in [0.25, 0.3) is 22.4 Å². The Morgan fingerprint density at radius 2 is 1.63 bits per heavy atom.